The first-order valence-corrected chi connectivity index (χ1v) is 7.22. The molecule has 5 heteroatoms. The molecule has 0 saturated carbocycles. The molecule has 1 aromatic heterocycles. The molecule has 0 fully saturated rings. The predicted molar refractivity (Wildman–Crippen MR) is 84.7 cm³/mol. The van der Waals surface area contributed by atoms with Crippen LogP contribution in [-0.2, 0) is 6.54 Å². The van der Waals surface area contributed by atoms with Gasteiger partial charge in [0.05, 0.1) is 11.0 Å². The largest absolute Gasteiger partial charge is 0.369 e. The molecule has 0 atom stereocenters. The van der Waals surface area contributed by atoms with Gasteiger partial charge in [0.15, 0.2) is 0 Å². The summed E-state index contributed by atoms with van der Waals surface area (Å²) in [5.41, 5.74) is 8.11. The van der Waals surface area contributed by atoms with Crippen molar-refractivity contribution in [1.82, 2.24) is 14.5 Å². The standard InChI is InChI=1S/C13H19IN4/c1-17(2)7-3-4-8-18-12-6-5-10(14)9-11(12)16-13(18)15/h5-6,9H,3-4,7-8H2,1-2H3,(H2,15,16). The van der Waals surface area contributed by atoms with E-state index in [1.807, 2.05) is 0 Å². The summed E-state index contributed by atoms with van der Waals surface area (Å²) in [5, 5.41) is 0. The van der Waals surface area contributed by atoms with Crippen molar-refractivity contribution in [2.45, 2.75) is 19.4 Å². The third-order valence-corrected chi connectivity index (χ3v) is 3.65. The lowest BCUT2D eigenvalue weighted by molar-refractivity contribution is 0.388. The molecule has 98 valence electrons. The Kier molecular flexibility index (Phi) is 4.45. The number of nitrogen functional groups attached to an aromatic ring is 1. The van der Waals surface area contributed by atoms with Crippen molar-refractivity contribution in [2.75, 3.05) is 26.4 Å². The van der Waals surface area contributed by atoms with Gasteiger partial charge in [0.1, 0.15) is 0 Å². The molecular formula is C13H19IN4. The number of hydrogen-bond donors (Lipinski definition) is 1. The summed E-state index contributed by atoms with van der Waals surface area (Å²) in [6.45, 7) is 2.06. The molecule has 2 N–H and O–H groups in total. The van der Waals surface area contributed by atoms with Crippen molar-refractivity contribution in [3.8, 4) is 0 Å². The van der Waals surface area contributed by atoms with Crippen molar-refractivity contribution in [1.29, 1.82) is 0 Å². The highest BCUT2D eigenvalue weighted by molar-refractivity contribution is 14.1. The fraction of sp³-hybridized carbons (Fsp3) is 0.462. The van der Waals surface area contributed by atoms with Gasteiger partial charge in [-0.25, -0.2) is 4.98 Å². The second-order valence-corrected chi connectivity index (χ2v) is 6.01. The van der Waals surface area contributed by atoms with Crippen LogP contribution >= 0.6 is 22.6 Å². The smallest absolute Gasteiger partial charge is 0.201 e. The number of halogens is 1. The fourth-order valence-electron chi connectivity index (χ4n) is 2.05. The van der Waals surface area contributed by atoms with E-state index < -0.39 is 0 Å². The van der Waals surface area contributed by atoms with Gasteiger partial charge in [0.2, 0.25) is 5.95 Å². The molecule has 2 aromatic rings. The van der Waals surface area contributed by atoms with Gasteiger partial charge in [-0.3, -0.25) is 0 Å². The Balaban J connectivity index is 2.10. The average molecular weight is 358 g/mol. The minimum Gasteiger partial charge on any atom is -0.369 e. The molecule has 0 spiro atoms. The van der Waals surface area contributed by atoms with Crippen LogP contribution in [0.25, 0.3) is 11.0 Å². The predicted octanol–water partition coefficient (Wildman–Crippen LogP) is 2.56. The number of aromatic nitrogens is 2. The minimum absolute atomic E-state index is 0.622. The molecule has 0 unspecified atom stereocenters. The van der Waals surface area contributed by atoms with Crippen LogP contribution in [0.15, 0.2) is 18.2 Å². The molecule has 0 aliphatic carbocycles. The third-order valence-electron chi connectivity index (χ3n) is 2.98. The monoisotopic (exact) mass is 358 g/mol. The maximum Gasteiger partial charge on any atom is 0.201 e. The molecule has 1 aromatic carbocycles. The highest BCUT2D eigenvalue weighted by Gasteiger charge is 2.07. The van der Waals surface area contributed by atoms with Crippen LogP contribution in [0.2, 0.25) is 0 Å². The third kappa shape index (κ3) is 3.14. The van der Waals surface area contributed by atoms with Crippen LogP contribution in [-0.4, -0.2) is 35.1 Å². The van der Waals surface area contributed by atoms with Crippen LogP contribution in [0, 0.1) is 3.57 Å². The van der Waals surface area contributed by atoms with E-state index >= 15 is 0 Å². The Bertz CT molecular complexity index is 533. The molecule has 18 heavy (non-hydrogen) atoms. The van der Waals surface area contributed by atoms with Crippen LogP contribution in [0.4, 0.5) is 5.95 Å². The zero-order chi connectivity index (χ0) is 13.1. The Labute approximate surface area is 121 Å². The normalized spacial score (nSPS) is 11.6. The van der Waals surface area contributed by atoms with E-state index in [1.165, 1.54) is 9.99 Å². The summed E-state index contributed by atoms with van der Waals surface area (Å²) in [6.07, 6.45) is 2.30. The average Bonchev–Trinajstić information content (AvgIpc) is 2.59. The summed E-state index contributed by atoms with van der Waals surface area (Å²) in [7, 11) is 4.20. The van der Waals surface area contributed by atoms with Gasteiger partial charge in [-0.15, -0.1) is 0 Å². The van der Waals surface area contributed by atoms with E-state index in [0.717, 1.165) is 30.5 Å². The molecule has 0 radical (unpaired) electrons. The van der Waals surface area contributed by atoms with Gasteiger partial charge >= 0.3 is 0 Å². The number of aryl methyl sites for hydroxylation is 1. The van der Waals surface area contributed by atoms with Gasteiger partial charge in [0.25, 0.3) is 0 Å². The van der Waals surface area contributed by atoms with E-state index in [0.29, 0.717) is 5.95 Å². The fourth-order valence-corrected chi connectivity index (χ4v) is 2.53. The molecule has 1 heterocycles. The summed E-state index contributed by atoms with van der Waals surface area (Å²) >= 11 is 2.30. The zero-order valence-electron chi connectivity index (χ0n) is 10.9. The summed E-state index contributed by atoms with van der Waals surface area (Å²) in [5.74, 6) is 0.622. The topological polar surface area (TPSA) is 47.1 Å². The van der Waals surface area contributed by atoms with E-state index in [2.05, 4.69) is 69.3 Å². The molecule has 2 rings (SSSR count). The van der Waals surface area contributed by atoms with Gasteiger partial charge in [0, 0.05) is 10.1 Å². The van der Waals surface area contributed by atoms with Crippen molar-refractivity contribution in [2.24, 2.45) is 0 Å². The quantitative estimate of drug-likeness (QED) is 0.660. The summed E-state index contributed by atoms with van der Waals surface area (Å²) in [6, 6.07) is 6.27. The molecular weight excluding hydrogens is 339 g/mol. The highest BCUT2D eigenvalue weighted by Crippen LogP contribution is 2.20. The molecule has 0 amide bonds. The Hall–Kier alpha value is -0.820. The second kappa shape index (κ2) is 5.88. The first-order valence-electron chi connectivity index (χ1n) is 6.14. The van der Waals surface area contributed by atoms with Crippen LogP contribution in [0.5, 0.6) is 0 Å². The number of benzene rings is 1. The van der Waals surface area contributed by atoms with Crippen LogP contribution < -0.4 is 5.73 Å². The number of nitrogens with zero attached hydrogens (tertiary/aromatic N) is 3. The number of rotatable bonds is 5. The molecule has 0 bridgehead atoms. The minimum atomic E-state index is 0.622. The highest BCUT2D eigenvalue weighted by atomic mass is 127. The van der Waals surface area contributed by atoms with Gasteiger partial charge < -0.3 is 15.2 Å². The lowest BCUT2D eigenvalue weighted by Gasteiger charge is -2.10. The van der Waals surface area contributed by atoms with Gasteiger partial charge in [-0.05, 0) is 74.3 Å². The zero-order valence-corrected chi connectivity index (χ0v) is 13.0. The van der Waals surface area contributed by atoms with E-state index in [4.69, 9.17) is 5.73 Å². The van der Waals surface area contributed by atoms with Gasteiger partial charge in [-0.1, -0.05) is 0 Å². The number of hydrogen-bond acceptors (Lipinski definition) is 3. The van der Waals surface area contributed by atoms with E-state index in [-0.39, 0.29) is 0 Å². The second-order valence-electron chi connectivity index (χ2n) is 4.77. The Morgan fingerprint density at radius 2 is 2.11 bits per heavy atom. The number of imidazole rings is 1. The summed E-state index contributed by atoms with van der Waals surface area (Å²) in [4.78, 5) is 6.62. The lowest BCUT2D eigenvalue weighted by atomic mass is 10.3. The number of nitrogens with two attached hydrogens (primary N) is 1. The number of fused-ring (bicyclic) bond motifs is 1. The molecule has 0 aliphatic rings. The Morgan fingerprint density at radius 3 is 2.83 bits per heavy atom. The molecule has 0 aliphatic heterocycles. The van der Waals surface area contributed by atoms with Crippen molar-refractivity contribution >= 4 is 39.6 Å². The maximum atomic E-state index is 5.98. The van der Waals surface area contributed by atoms with Crippen molar-refractivity contribution in [3.05, 3.63) is 21.8 Å². The maximum absolute atomic E-state index is 5.98. The first kappa shape index (κ1) is 13.6. The van der Waals surface area contributed by atoms with Crippen molar-refractivity contribution < 1.29 is 0 Å². The number of unbranched alkanes of at least 4 members (excludes halogenated alkanes) is 1. The first-order chi connectivity index (χ1) is 8.58. The van der Waals surface area contributed by atoms with E-state index in [9.17, 15) is 0 Å². The SMILES string of the molecule is CN(C)CCCCn1c(N)nc2cc(I)ccc21. The lowest BCUT2D eigenvalue weighted by Crippen LogP contribution is -2.13. The van der Waals surface area contributed by atoms with Gasteiger partial charge in [-0.2, -0.15) is 0 Å². The Morgan fingerprint density at radius 1 is 1.33 bits per heavy atom. The van der Waals surface area contributed by atoms with E-state index in [1.54, 1.807) is 0 Å². The van der Waals surface area contributed by atoms with Crippen LogP contribution in [0.3, 0.4) is 0 Å². The molecule has 0 saturated heterocycles. The van der Waals surface area contributed by atoms with Crippen LogP contribution in [0.1, 0.15) is 12.8 Å². The summed E-state index contributed by atoms with van der Waals surface area (Å²) < 4.78 is 3.30. The van der Waals surface area contributed by atoms with Crippen molar-refractivity contribution in [3.63, 3.8) is 0 Å². The molecule has 4 nitrogen and oxygen atoms in total. The number of anilines is 1.